The lowest BCUT2D eigenvalue weighted by molar-refractivity contribution is 0.103. The van der Waals surface area contributed by atoms with E-state index in [9.17, 15) is 4.79 Å². The van der Waals surface area contributed by atoms with Gasteiger partial charge in [0.2, 0.25) is 0 Å². The van der Waals surface area contributed by atoms with Crippen molar-refractivity contribution in [1.29, 1.82) is 0 Å². The highest BCUT2D eigenvalue weighted by Crippen LogP contribution is 2.32. The van der Waals surface area contributed by atoms with Gasteiger partial charge in [0.1, 0.15) is 5.75 Å². The summed E-state index contributed by atoms with van der Waals surface area (Å²) in [6, 6.07) is 8.26. The van der Waals surface area contributed by atoms with Crippen LogP contribution in [0.1, 0.15) is 26.2 Å². The van der Waals surface area contributed by atoms with E-state index in [2.05, 4.69) is 22.0 Å². The molecule has 1 N–H and O–H groups in total. The Hall–Kier alpha value is -1.79. The molecule has 1 aliphatic carbocycles. The van der Waals surface area contributed by atoms with E-state index < -0.39 is 0 Å². The molecule has 1 atom stereocenters. The van der Waals surface area contributed by atoms with E-state index in [-0.39, 0.29) is 6.03 Å². The summed E-state index contributed by atoms with van der Waals surface area (Å²) in [7, 11) is 0. The van der Waals surface area contributed by atoms with Crippen LogP contribution >= 0.6 is 0 Å². The highest BCUT2D eigenvalue weighted by atomic mass is 16.5. The second kappa shape index (κ2) is 8.48. The molecule has 1 aromatic rings. The molecule has 148 valence electrons. The van der Waals surface area contributed by atoms with E-state index in [1.54, 1.807) is 0 Å². The topological polar surface area (TPSA) is 48.0 Å². The first-order valence-electron chi connectivity index (χ1n) is 10.5. The number of hydrogen-bond acceptors (Lipinski definition) is 4. The smallest absolute Gasteiger partial charge is 0.322 e. The highest BCUT2D eigenvalue weighted by molar-refractivity contribution is 5.91. The van der Waals surface area contributed by atoms with Crippen LogP contribution in [-0.4, -0.2) is 79.2 Å². The zero-order chi connectivity index (χ0) is 18.6. The number of nitrogens with one attached hydrogen (secondary N) is 1. The number of anilines is 1. The number of carbonyl (C=O) groups excluding carboxylic acids is 1. The molecule has 1 saturated carbocycles. The van der Waals surface area contributed by atoms with Gasteiger partial charge < -0.3 is 19.9 Å². The van der Waals surface area contributed by atoms with E-state index in [4.69, 9.17) is 4.74 Å². The summed E-state index contributed by atoms with van der Waals surface area (Å²) >= 11 is 0. The molecule has 4 rings (SSSR count). The van der Waals surface area contributed by atoms with Gasteiger partial charge in [-0.05, 0) is 43.9 Å². The lowest BCUT2D eigenvalue weighted by Crippen LogP contribution is -2.51. The number of para-hydroxylation sites is 2. The van der Waals surface area contributed by atoms with E-state index in [0.717, 1.165) is 70.3 Å². The molecule has 27 heavy (non-hydrogen) atoms. The molecule has 2 heterocycles. The lowest BCUT2D eigenvalue weighted by atomic mass is 10.2. The average Bonchev–Trinajstić information content (AvgIpc) is 3.40. The van der Waals surface area contributed by atoms with Crippen molar-refractivity contribution in [3.05, 3.63) is 24.3 Å². The largest absolute Gasteiger partial charge is 0.491 e. The number of nitrogens with zero attached hydrogens (tertiary/aromatic N) is 3. The second-order valence-corrected chi connectivity index (χ2v) is 8.04. The van der Waals surface area contributed by atoms with Gasteiger partial charge in [0.05, 0.1) is 12.3 Å². The third-order valence-corrected chi connectivity index (χ3v) is 6.12. The molecule has 0 radical (unpaired) electrons. The van der Waals surface area contributed by atoms with Crippen LogP contribution in [0.5, 0.6) is 5.75 Å². The predicted molar refractivity (Wildman–Crippen MR) is 107 cm³/mol. The first-order chi connectivity index (χ1) is 13.2. The maximum absolute atomic E-state index is 12.8. The molecular formula is C21H32N4O2. The molecule has 6 heteroatoms. The molecular weight excluding hydrogens is 340 g/mol. The van der Waals surface area contributed by atoms with Gasteiger partial charge >= 0.3 is 6.03 Å². The van der Waals surface area contributed by atoms with Crippen LogP contribution < -0.4 is 10.1 Å². The summed E-state index contributed by atoms with van der Waals surface area (Å²) in [5, 5.41) is 3.07. The number of benzene rings is 1. The Morgan fingerprint density at radius 2 is 1.89 bits per heavy atom. The fraction of sp³-hybridized carbons (Fsp3) is 0.667. The SMILES string of the molecule is CCN1CCN([C@@H]2CCN(C(=O)Nc3ccccc3OCC3CC3)C2)CC1. The number of amides is 2. The standard InChI is InChI=1S/C21H32N4O2/c1-2-23-11-13-24(14-12-23)18-9-10-25(15-18)21(26)22-19-5-3-4-6-20(19)27-16-17-7-8-17/h3-6,17-18H,2,7-16H2,1H3,(H,22,26)/t18-/m1/s1. The Morgan fingerprint density at radius 1 is 1.11 bits per heavy atom. The van der Waals surface area contributed by atoms with Crippen molar-refractivity contribution in [3.63, 3.8) is 0 Å². The Balaban J connectivity index is 1.29. The maximum Gasteiger partial charge on any atom is 0.322 e. The number of hydrogen-bond donors (Lipinski definition) is 1. The van der Waals surface area contributed by atoms with Crippen LogP contribution in [0.4, 0.5) is 10.5 Å². The van der Waals surface area contributed by atoms with Crippen LogP contribution in [0.15, 0.2) is 24.3 Å². The van der Waals surface area contributed by atoms with Crippen LogP contribution in [0.3, 0.4) is 0 Å². The molecule has 0 bridgehead atoms. The maximum atomic E-state index is 12.8. The first kappa shape index (κ1) is 18.6. The van der Waals surface area contributed by atoms with Crippen molar-refractivity contribution < 1.29 is 9.53 Å². The summed E-state index contributed by atoms with van der Waals surface area (Å²) in [5.41, 5.74) is 0.781. The van der Waals surface area contributed by atoms with Crippen molar-refractivity contribution in [3.8, 4) is 5.75 Å². The molecule has 1 aromatic carbocycles. The normalized spacial score (nSPS) is 24.2. The van der Waals surface area contributed by atoms with E-state index >= 15 is 0 Å². The number of rotatable bonds is 6. The van der Waals surface area contributed by atoms with Crippen LogP contribution in [0, 0.1) is 5.92 Å². The van der Waals surface area contributed by atoms with Gasteiger partial charge in [-0.25, -0.2) is 4.79 Å². The summed E-state index contributed by atoms with van der Waals surface area (Å²) in [6.45, 7) is 10.3. The predicted octanol–water partition coefficient (Wildman–Crippen LogP) is 2.72. The van der Waals surface area contributed by atoms with Crippen molar-refractivity contribution in [1.82, 2.24) is 14.7 Å². The minimum Gasteiger partial charge on any atom is -0.491 e. The fourth-order valence-electron chi connectivity index (χ4n) is 4.05. The molecule has 2 saturated heterocycles. The monoisotopic (exact) mass is 372 g/mol. The van der Waals surface area contributed by atoms with Gasteiger partial charge in [-0.15, -0.1) is 0 Å². The Bertz CT molecular complexity index is 641. The average molecular weight is 373 g/mol. The molecule has 3 aliphatic rings. The molecule has 6 nitrogen and oxygen atoms in total. The Morgan fingerprint density at radius 3 is 2.63 bits per heavy atom. The van der Waals surface area contributed by atoms with Gasteiger partial charge in [-0.1, -0.05) is 19.1 Å². The number of piperazine rings is 1. The van der Waals surface area contributed by atoms with E-state index in [0.29, 0.717) is 12.0 Å². The quantitative estimate of drug-likeness (QED) is 0.834. The van der Waals surface area contributed by atoms with Gasteiger partial charge in [-0.3, -0.25) is 4.90 Å². The summed E-state index contributed by atoms with van der Waals surface area (Å²) in [5.74, 6) is 1.48. The minimum absolute atomic E-state index is 0.00725. The van der Waals surface area contributed by atoms with Crippen molar-refractivity contribution in [2.24, 2.45) is 5.92 Å². The summed E-state index contributed by atoms with van der Waals surface area (Å²) in [4.78, 5) is 19.8. The number of likely N-dealkylation sites (tertiary alicyclic amines) is 1. The fourth-order valence-corrected chi connectivity index (χ4v) is 4.05. The van der Waals surface area contributed by atoms with Crippen LogP contribution in [0.2, 0.25) is 0 Å². The van der Waals surface area contributed by atoms with Gasteiger partial charge in [0, 0.05) is 45.3 Å². The summed E-state index contributed by atoms with van der Waals surface area (Å²) in [6.07, 6.45) is 3.59. The molecule has 3 fully saturated rings. The zero-order valence-corrected chi connectivity index (χ0v) is 16.4. The van der Waals surface area contributed by atoms with Crippen molar-refractivity contribution in [2.45, 2.75) is 32.2 Å². The molecule has 0 unspecified atom stereocenters. The van der Waals surface area contributed by atoms with Crippen molar-refractivity contribution >= 4 is 11.7 Å². The Kier molecular flexibility index (Phi) is 5.83. The highest BCUT2D eigenvalue weighted by Gasteiger charge is 2.32. The first-order valence-corrected chi connectivity index (χ1v) is 10.5. The van der Waals surface area contributed by atoms with Crippen LogP contribution in [0.25, 0.3) is 0 Å². The minimum atomic E-state index is -0.00725. The Labute approximate surface area is 162 Å². The van der Waals surface area contributed by atoms with Crippen LogP contribution in [-0.2, 0) is 0 Å². The van der Waals surface area contributed by atoms with Gasteiger partial charge in [0.25, 0.3) is 0 Å². The number of urea groups is 1. The number of carbonyl (C=O) groups is 1. The van der Waals surface area contributed by atoms with Crippen molar-refractivity contribution in [2.75, 3.05) is 57.7 Å². The third kappa shape index (κ3) is 4.74. The molecule has 2 amide bonds. The third-order valence-electron chi connectivity index (χ3n) is 6.12. The number of ether oxygens (including phenoxy) is 1. The molecule has 0 aromatic heterocycles. The van der Waals surface area contributed by atoms with E-state index in [1.807, 2.05) is 29.2 Å². The molecule has 2 aliphatic heterocycles. The second-order valence-electron chi connectivity index (χ2n) is 8.04. The lowest BCUT2D eigenvalue weighted by Gasteiger charge is -2.37. The summed E-state index contributed by atoms with van der Waals surface area (Å²) < 4.78 is 5.92. The zero-order valence-electron chi connectivity index (χ0n) is 16.4. The number of likely N-dealkylation sites (N-methyl/N-ethyl adjacent to an activating group) is 1. The van der Waals surface area contributed by atoms with Gasteiger partial charge in [0.15, 0.2) is 0 Å². The van der Waals surface area contributed by atoms with Gasteiger partial charge in [-0.2, -0.15) is 0 Å². The van der Waals surface area contributed by atoms with E-state index in [1.165, 1.54) is 12.8 Å². The molecule has 0 spiro atoms.